The summed E-state index contributed by atoms with van der Waals surface area (Å²) in [5.74, 6) is 1.15. The highest BCUT2D eigenvalue weighted by atomic mass is 16.5. The molecule has 1 amide bonds. The van der Waals surface area contributed by atoms with Crippen LogP contribution in [-0.2, 0) is 18.3 Å². The van der Waals surface area contributed by atoms with Gasteiger partial charge in [0.15, 0.2) is 12.4 Å². The van der Waals surface area contributed by atoms with Crippen molar-refractivity contribution in [3.63, 3.8) is 0 Å². The van der Waals surface area contributed by atoms with Gasteiger partial charge < -0.3 is 10.1 Å². The lowest BCUT2D eigenvalue weighted by Gasteiger charge is -2.09. The molecule has 25 heavy (non-hydrogen) atoms. The summed E-state index contributed by atoms with van der Waals surface area (Å²) in [5.41, 5.74) is 2.74. The molecule has 0 bridgehead atoms. The minimum atomic E-state index is -0.213. The second-order valence-electron chi connectivity index (χ2n) is 5.54. The zero-order valence-electron chi connectivity index (χ0n) is 14.1. The van der Waals surface area contributed by atoms with E-state index in [9.17, 15) is 4.79 Å². The normalized spacial score (nSPS) is 10.5. The van der Waals surface area contributed by atoms with E-state index in [1.165, 1.54) is 5.56 Å². The first-order valence-electron chi connectivity index (χ1n) is 8.00. The molecule has 0 unspecified atom stereocenters. The first kappa shape index (κ1) is 16.6. The van der Waals surface area contributed by atoms with Gasteiger partial charge in [0.2, 0.25) is 0 Å². The summed E-state index contributed by atoms with van der Waals surface area (Å²) in [5, 5.41) is 14.2. The average Bonchev–Trinajstić information content (AvgIpc) is 3.07. The van der Waals surface area contributed by atoms with Crippen LogP contribution >= 0.6 is 0 Å². The van der Waals surface area contributed by atoms with E-state index < -0.39 is 0 Å². The van der Waals surface area contributed by atoms with Crippen molar-refractivity contribution in [3.8, 4) is 17.1 Å². The highest BCUT2D eigenvalue weighted by molar-refractivity contribution is 5.92. The maximum atomic E-state index is 12.0. The monoisotopic (exact) mass is 337 g/mol. The molecular formula is C18H19N5O2. The lowest BCUT2D eigenvalue weighted by molar-refractivity contribution is -0.118. The SMILES string of the molecule is CCc1cccc(OCC(=O)Nc2ccc(-c3nnnn3C)cc2)c1. The molecule has 7 nitrogen and oxygen atoms in total. The van der Waals surface area contributed by atoms with Gasteiger partial charge in [0.25, 0.3) is 5.91 Å². The summed E-state index contributed by atoms with van der Waals surface area (Å²) in [6, 6.07) is 15.1. The van der Waals surface area contributed by atoms with Gasteiger partial charge >= 0.3 is 0 Å². The predicted molar refractivity (Wildman–Crippen MR) is 94.2 cm³/mol. The van der Waals surface area contributed by atoms with Gasteiger partial charge in [-0.05, 0) is 58.8 Å². The quantitative estimate of drug-likeness (QED) is 0.747. The van der Waals surface area contributed by atoms with Gasteiger partial charge in [0.05, 0.1) is 0 Å². The molecule has 0 spiro atoms. The van der Waals surface area contributed by atoms with E-state index in [1.54, 1.807) is 23.9 Å². The number of carbonyl (C=O) groups is 1. The minimum Gasteiger partial charge on any atom is -0.484 e. The number of hydrogen-bond donors (Lipinski definition) is 1. The molecule has 1 heterocycles. The topological polar surface area (TPSA) is 81.9 Å². The number of carbonyl (C=O) groups excluding carboxylic acids is 1. The molecule has 0 aliphatic heterocycles. The summed E-state index contributed by atoms with van der Waals surface area (Å²) in [6.07, 6.45) is 0.927. The van der Waals surface area contributed by atoms with E-state index in [-0.39, 0.29) is 12.5 Å². The van der Waals surface area contributed by atoms with Crippen molar-refractivity contribution < 1.29 is 9.53 Å². The number of rotatable bonds is 6. The van der Waals surface area contributed by atoms with E-state index in [0.29, 0.717) is 17.3 Å². The number of benzene rings is 2. The number of tetrazole rings is 1. The molecule has 3 rings (SSSR count). The van der Waals surface area contributed by atoms with Crippen molar-refractivity contribution in [2.45, 2.75) is 13.3 Å². The van der Waals surface area contributed by atoms with E-state index in [4.69, 9.17) is 4.74 Å². The molecule has 1 N–H and O–H groups in total. The predicted octanol–water partition coefficient (Wildman–Crippen LogP) is 2.46. The van der Waals surface area contributed by atoms with Crippen molar-refractivity contribution in [1.82, 2.24) is 20.2 Å². The Morgan fingerprint density at radius 1 is 1.20 bits per heavy atom. The highest BCUT2D eigenvalue weighted by Crippen LogP contribution is 2.18. The molecule has 0 saturated heterocycles. The molecule has 0 radical (unpaired) electrons. The summed E-state index contributed by atoms with van der Waals surface area (Å²) in [6.45, 7) is 2.04. The lowest BCUT2D eigenvalue weighted by atomic mass is 10.2. The van der Waals surface area contributed by atoms with Gasteiger partial charge in [-0.2, -0.15) is 0 Å². The van der Waals surface area contributed by atoms with Crippen LogP contribution in [0.25, 0.3) is 11.4 Å². The fraction of sp³-hybridized carbons (Fsp3) is 0.222. The van der Waals surface area contributed by atoms with Crippen molar-refractivity contribution in [3.05, 3.63) is 54.1 Å². The Labute approximate surface area is 145 Å². The fourth-order valence-corrected chi connectivity index (χ4v) is 2.38. The summed E-state index contributed by atoms with van der Waals surface area (Å²) < 4.78 is 7.13. The highest BCUT2D eigenvalue weighted by Gasteiger charge is 2.07. The minimum absolute atomic E-state index is 0.0396. The summed E-state index contributed by atoms with van der Waals surface area (Å²) in [4.78, 5) is 12.0. The van der Waals surface area contributed by atoms with Crippen LogP contribution in [-0.4, -0.2) is 32.7 Å². The molecule has 128 valence electrons. The van der Waals surface area contributed by atoms with Crippen molar-refractivity contribution in [2.75, 3.05) is 11.9 Å². The Kier molecular flexibility index (Phi) is 5.03. The lowest BCUT2D eigenvalue weighted by Crippen LogP contribution is -2.20. The Morgan fingerprint density at radius 2 is 2.00 bits per heavy atom. The Bertz CT molecular complexity index is 858. The van der Waals surface area contributed by atoms with Crippen molar-refractivity contribution in [1.29, 1.82) is 0 Å². The Balaban J connectivity index is 1.56. The standard InChI is InChI=1S/C18H19N5O2/c1-3-13-5-4-6-16(11-13)25-12-17(24)19-15-9-7-14(8-10-15)18-20-21-22-23(18)2/h4-11H,3,12H2,1-2H3,(H,19,24). The third-order valence-electron chi connectivity index (χ3n) is 3.72. The van der Waals surface area contributed by atoms with Gasteiger partial charge in [-0.25, -0.2) is 4.68 Å². The van der Waals surface area contributed by atoms with Gasteiger partial charge in [0.1, 0.15) is 5.75 Å². The zero-order valence-corrected chi connectivity index (χ0v) is 14.1. The van der Waals surface area contributed by atoms with Crippen LogP contribution in [0, 0.1) is 0 Å². The van der Waals surface area contributed by atoms with E-state index >= 15 is 0 Å². The number of nitrogens with one attached hydrogen (secondary N) is 1. The molecule has 0 atom stereocenters. The van der Waals surface area contributed by atoms with Gasteiger partial charge in [-0.3, -0.25) is 4.79 Å². The van der Waals surface area contributed by atoms with Crippen LogP contribution in [0.5, 0.6) is 5.75 Å². The van der Waals surface area contributed by atoms with E-state index in [2.05, 4.69) is 27.8 Å². The molecular weight excluding hydrogens is 318 g/mol. The smallest absolute Gasteiger partial charge is 0.262 e. The van der Waals surface area contributed by atoms with Crippen molar-refractivity contribution >= 4 is 11.6 Å². The van der Waals surface area contributed by atoms with Gasteiger partial charge in [-0.1, -0.05) is 19.1 Å². The summed E-state index contributed by atoms with van der Waals surface area (Å²) in [7, 11) is 1.77. The molecule has 7 heteroatoms. The summed E-state index contributed by atoms with van der Waals surface area (Å²) >= 11 is 0. The second-order valence-corrected chi connectivity index (χ2v) is 5.54. The van der Waals surface area contributed by atoms with Crippen LogP contribution in [0.15, 0.2) is 48.5 Å². The first-order chi connectivity index (χ1) is 12.2. The first-order valence-corrected chi connectivity index (χ1v) is 8.00. The van der Waals surface area contributed by atoms with Crippen LogP contribution in [0.1, 0.15) is 12.5 Å². The second kappa shape index (κ2) is 7.57. The zero-order chi connectivity index (χ0) is 17.6. The average molecular weight is 337 g/mol. The number of ether oxygens (including phenoxy) is 1. The fourth-order valence-electron chi connectivity index (χ4n) is 2.38. The van der Waals surface area contributed by atoms with E-state index in [0.717, 1.165) is 12.0 Å². The molecule has 0 saturated carbocycles. The van der Waals surface area contributed by atoms with E-state index in [1.807, 2.05) is 36.4 Å². The number of amides is 1. The largest absolute Gasteiger partial charge is 0.484 e. The third-order valence-corrected chi connectivity index (χ3v) is 3.72. The molecule has 3 aromatic rings. The van der Waals surface area contributed by atoms with Crippen LogP contribution in [0.3, 0.4) is 0 Å². The maximum Gasteiger partial charge on any atom is 0.262 e. The van der Waals surface area contributed by atoms with Gasteiger partial charge in [-0.15, -0.1) is 5.10 Å². The number of aryl methyl sites for hydroxylation is 2. The molecule has 0 fully saturated rings. The molecule has 2 aromatic carbocycles. The molecule has 0 aliphatic carbocycles. The Morgan fingerprint density at radius 3 is 2.68 bits per heavy atom. The molecule has 1 aromatic heterocycles. The van der Waals surface area contributed by atoms with Crippen LogP contribution in [0.4, 0.5) is 5.69 Å². The number of aromatic nitrogens is 4. The Hall–Kier alpha value is -3.22. The van der Waals surface area contributed by atoms with Crippen LogP contribution < -0.4 is 10.1 Å². The number of nitrogens with zero attached hydrogens (tertiary/aromatic N) is 4. The van der Waals surface area contributed by atoms with Crippen LogP contribution in [0.2, 0.25) is 0 Å². The number of anilines is 1. The van der Waals surface area contributed by atoms with Gasteiger partial charge in [0, 0.05) is 18.3 Å². The maximum absolute atomic E-state index is 12.0. The number of hydrogen-bond acceptors (Lipinski definition) is 5. The third kappa shape index (κ3) is 4.20. The molecule has 0 aliphatic rings. The van der Waals surface area contributed by atoms with Crippen molar-refractivity contribution in [2.24, 2.45) is 7.05 Å².